The van der Waals surface area contributed by atoms with Gasteiger partial charge >= 0.3 is 0 Å². The van der Waals surface area contributed by atoms with Crippen molar-refractivity contribution in [1.82, 2.24) is 29.8 Å². The number of piperidine rings is 1. The fraction of sp³-hybridized carbons (Fsp3) is 0.650. The Morgan fingerprint density at radius 3 is 2.81 bits per heavy atom. The third-order valence-corrected chi connectivity index (χ3v) is 5.53. The molecule has 148 valence electrons. The second kappa shape index (κ2) is 8.25. The van der Waals surface area contributed by atoms with Gasteiger partial charge in [-0.05, 0) is 53.1 Å². The van der Waals surface area contributed by atoms with Crippen LogP contribution < -0.4 is 5.32 Å². The van der Waals surface area contributed by atoms with E-state index in [1.165, 1.54) is 6.42 Å². The summed E-state index contributed by atoms with van der Waals surface area (Å²) in [6, 6.07) is 2.36. The number of likely N-dealkylation sites (N-methyl/N-ethyl adjacent to an activating group) is 1. The molecule has 0 saturated carbocycles. The van der Waals surface area contributed by atoms with Crippen LogP contribution in [0.1, 0.15) is 61.3 Å². The maximum atomic E-state index is 12.8. The summed E-state index contributed by atoms with van der Waals surface area (Å²) in [5.74, 6) is 0.507. The molecule has 2 aromatic heterocycles. The molecule has 0 aliphatic carbocycles. The topological polar surface area (TPSA) is 68.0 Å². The highest BCUT2D eigenvalue weighted by Gasteiger charge is 2.22. The summed E-state index contributed by atoms with van der Waals surface area (Å²) in [5, 5.41) is 12.5. The molecule has 1 N–H and O–H groups in total. The Bertz CT molecular complexity index is 784. The number of aryl methyl sites for hydroxylation is 1. The molecule has 3 heterocycles. The normalized spacial score (nSPS) is 17.5. The molecule has 0 bridgehead atoms. The first kappa shape index (κ1) is 19.6. The van der Waals surface area contributed by atoms with Gasteiger partial charge in [-0.2, -0.15) is 10.2 Å². The van der Waals surface area contributed by atoms with Gasteiger partial charge in [0.15, 0.2) is 0 Å². The van der Waals surface area contributed by atoms with Crippen molar-refractivity contribution in [2.75, 3.05) is 20.1 Å². The molecule has 1 aliphatic rings. The first-order valence-electron chi connectivity index (χ1n) is 9.89. The largest absolute Gasteiger partial charge is 0.340 e. The SMILES string of the molecule is Cc1nn(C(C)C)c(C)c1CN(C)C(=O)Cn1nccc1C1CCCNC1. The first-order chi connectivity index (χ1) is 12.9. The van der Waals surface area contributed by atoms with Crippen LogP contribution in [0.15, 0.2) is 12.3 Å². The molecule has 27 heavy (non-hydrogen) atoms. The molecule has 7 heteroatoms. The lowest BCUT2D eigenvalue weighted by molar-refractivity contribution is -0.131. The third kappa shape index (κ3) is 4.24. The minimum absolute atomic E-state index is 0.0693. The van der Waals surface area contributed by atoms with Crippen molar-refractivity contribution in [3.63, 3.8) is 0 Å². The van der Waals surface area contributed by atoms with Crippen LogP contribution in [0.25, 0.3) is 0 Å². The van der Waals surface area contributed by atoms with Gasteiger partial charge in [0.2, 0.25) is 5.91 Å². The molecular weight excluding hydrogens is 340 g/mol. The van der Waals surface area contributed by atoms with Gasteiger partial charge in [0, 0.05) is 55.2 Å². The Kier molecular flexibility index (Phi) is 5.99. The summed E-state index contributed by atoms with van der Waals surface area (Å²) in [6.07, 6.45) is 4.12. The number of aromatic nitrogens is 4. The molecule has 1 aliphatic heterocycles. The Balaban J connectivity index is 1.68. The summed E-state index contributed by atoms with van der Waals surface area (Å²) < 4.78 is 3.90. The fourth-order valence-corrected chi connectivity index (χ4v) is 3.93. The van der Waals surface area contributed by atoms with Gasteiger partial charge in [-0.1, -0.05) is 0 Å². The van der Waals surface area contributed by atoms with Gasteiger partial charge < -0.3 is 10.2 Å². The molecule has 0 radical (unpaired) electrons. The van der Waals surface area contributed by atoms with Gasteiger partial charge in [-0.25, -0.2) is 0 Å². The van der Waals surface area contributed by atoms with Gasteiger partial charge in [-0.15, -0.1) is 0 Å². The Labute approximate surface area is 161 Å². The van der Waals surface area contributed by atoms with Crippen molar-refractivity contribution in [2.45, 2.75) is 65.6 Å². The lowest BCUT2D eigenvalue weighted by atomic mass is 9.96. The maximum absolute atomic E-state index is 12.8. The number of carbonyl (C=O) groups is 1. The van der Waals surface area contributed by atoms with E-state index in [1.54, 1.807) is 11.1 Å². The molecule has 1 amide bonds. The number of carbonyl (C=O) groups excluding carboxylic acids is 1. The van der Waals surface area contributed by atoms with Crippen molar-refractivity contribution in [1.29, 1.82) is 0 Å². The molecule has 1 atom stereocenters. The summed E-state index contributed by atoms with van der Waals surface area (Å²) >= 11 is 0. The van der Waals surface area contributed by atoms with Crippen LogP contribution in [-0.4, -0.2) is 50.5 Å². The van der Waals surface area contributed by atoms with Gasteiger partial charge in [-0.3, -0.25) is 14.2 Å². The predicted molar refractivity (Wildman–Crippen MR) is 106 cm³/mol. The van der Waals surface area contributed by atoms with Crippen LogP contribution in [-0.2, 0) is 17.9 Å². The highest BCUT2D eigenvalue weighted by atomic mass is 16.2. The molecule has 1 unspecified atom stereocenters. The Morgan fingerprint density at radius 2 is 2.19 bits per heavy atom. The van der Waals surface area contributed by atoms with Crippen molar-refractivity contribution >= 4 is 5.91 Å². The van der Waals surface area contributed by atoms with E-state index in [4.69, 9.17) is 0 Å². The average molecular weight is 373 g/mol. The van der Waals surface area contributed by atoms with Gasteiger partial charge in [0.05, 0.1) is 5.69 Å². The zero-order valence-corrected chi connectivity index (χ0v) is 17.2. The lowest BCUT2D eigenvalue weighted by Crippen LogP contribution is -2.33. The van der Waals surface area contributed by atoms with E-state index in [2.05, 4.69) is 36.3 Å². The number of nitrogens with one attached hydrogen (secondary N) is 1. The monoisotopic (exact) mass is 372 g/mol. The van der Waals surface area contributed by atoms with E-state index in [1.807, 2.05) is 29.4 Å². The van der Waals surface area contributed by atoms with E-state index in [0.717, 1.165) is 42.2 Å². The molecule has 1 saturated heterocycles. The highest BCUT2D eigenvalue weighted by molar-refractivity contribution is 5.75. The molecule has 0 spiro atoms. The van der Waals surface area contributed by atoms with Crippen LogP contribution >= 0.6 is 0 Å². The van der Waals surface area contributed by atoms with Crippen molar-refractivity contribution in [2.24, 2.45) is 0 Å². The van der Waals surface area contributed by atoms with Crippen LogP contribution in [0, 0.1) is 13.8 Å². The standard InChI is InChI=1S/C20H32N6O/c1-14(2)26-16(4)18(15(3)23-26)12-24(5)20(27)13-25-19(8-10-22-25)17-7-6-9-21-11-17/h8,10,14,17,21H,6-7,9,11-13H2,1-5H3. The van der Waals surface area contributed by atoms with E-state index < -0.39 is 0 Å². The number of amides is 1. The van der Waals surface area contributed by atoms with Crippen LogP contribution in [0.2, 0.25) is 0 Å². The van der Waals surface area contributed by atoms with Crippen molar-refractivity contribution in [3.05, 3.63) is 34.9 Å². The summed E-state index contributed by atoms with van der Waals surface area (Å²) in [5.41, 5.74) is 4.42. The lowest BCUT2D eigenvalue weighted by Gasteiger charge is -2.24. The van der Waals surface area contributed by atoms with E-state index in [9.17, 15) is 4.79 Å². The molecular formula is C20H32N6O. The van der Waals surface area contributed by atoms with Crippen LogP contribution in [0.4, 0.5) is 0 Å². The van der Waals surface area contributed by atoms with Crippen LogP contribution in [0.3, 0.4) is 0 Å². The predicted octanol–water partition coefficient (Wildman–Crippen LogP) is 2.40. The number of hydrogen-bond acceptors (Lipinski definition) is 4. The van der Waals surface area contributed by atoms with E-state index in [0.29, 0.717) is 18.5 Å². The minimum Gasteiger partial charge on any atom is -0.340 e. The zero-order chi connectivity index (χ0) is 19.6. The quantitative estimate of drug-likeness (QED) is 0.845. The summed E-state index contributed by atoms with van der Waals surface area (Å²) in [7, 11) is 1.86. The minimum atomic E-state index is 0.0693. The average Bonchev–Trinajstić information content (AvgIpc) is 3.22. The van der Waals surface area contributed by atoms with Gasteiger partial charge in [0.1, 0.15) is 6.54 Å². The number of rotatable bonds is 6. The second-order valence-corrected chi connectivity index (χ2v) is 7.89. The number of hydrogen-bond donors (Lipinski definition) is 1. The van der Waals surface area contributed by atoms with Crippen molar-refractivity contribution in [3.8, 4) is 0 Å². The molecule has 7 nitrogen and oxygen atoms in total. The van der Waals surface area contributed by atoms with Gasteiger partial charge in [0.25, 0.3) is 0 Å². The highest BCUT2D eigenvalue weighted by Crippen LogP contribution is 2.23. The zero-order valence-electron chi connectivity index (χ0n) is 17.2. The fourth-order valence-electron chi connectivity index (χ4n) is 3.93. The van der Waals surface area contributed by atoms with E-state index >= 15 is 0 Å². The number of nitrogens with zero attached hydrogens (tertiary/aromatic N) is 5. The Hall–Kier alpha value is -2.15. The Morgan fingerprint density at radius 1 is 1.41 bits per heavy atom. The summed E-state index contributed by atoms with van der Waals surface area (Å²) in [6.45, 7) is 11.2. The molecule has 1 fully saturated rings. The molecule has 3 rings (SSSR count). The van der Waals surface area contributed by atoms with Crippen molar-refractivity contribution < 1.29 is 4.79 Å². The van der Waals surface area contributed by atoms with Crippen LogP contribution in [0.5, 0.6) is 0 Å². The second-order valence-electron chi connectivity index (χ2n) is 7.89. The summed E-state index contributed by atoms with van der Waals surface area (Å²) in [4.78, 5) is 14.6. The molecule has 2 aromatic rings. The maximum Gasteiger partial charge on any atom is 0.244 e. The molecule has 0 aromatic carbocycles. The smallest absolute Gasteiger partial charge is 0.244 e. The first-order valence-corrected chi connectivity index (χ1v) is 9.89. The third-order valence-electron chi connectivity index (χ3n) is 5.53. The van der Waals surface area contributed by atoms with E-state index in [-0.39, 0.29) is 12.5 Å².